The number of benzene rings is 4. The summed E-state index contributed by atoms with van der Waals surface area (Å²) in [5.74, 6) is 0. The second-order valence-electron chi connectivity index (χ2n) is 7.37. The van der Waals surface area contributed by atoms with E-state index in [9.17, 15) is 13.0 Å². The number of hydrogen-bond acceptors (Lipinski definition) is 4. The zero-order chi connectivity index (χ0) is 23.7. The second kappa shape index (κ2) is 10.9. The molecule has 0 aliphatic carbocycles. The average molecular weight is 461 g/mol. The Morgan fingerprint density at radius 2 is 0.939 bits per heavy atom. The van der Waals surface area contributed by atoms with Gasteiger partial charge in [0.1, 0.15) is 0 Å². The molecule has 0 aromatic heterocycles. The first-order valence-corrected chi connectivity index (χ1v) is 11.9. The average Bonchev–Trinajstić information content (AvgIpc) is 2.86. The number of hydrazine groups is 1. The van der Waals surface area contributed by atoms with Crippen LogP contribution in [-0.2, 0) is 14.9 Å². The van der Waals surface area contributed by atoms with Crippen LogP contribution in [0.4, 0.5) is 5.69 Å². The molecule has 0 aliphatic rings. The Kier molecular flexibility index (Phi) is 8.01. The third-order valence-electron chi connectivity index (χ3n) is 5.41. The van der Waals surface area contributed by atoms with Gasteiger partial charge in [-0.05, 0) is 28.8 Å². The fourth-order valence-electron chi connectivity index (χ4n) is 3.75. The highest BCUT2D eigenvalue weighted by atomic mass is 32.2. The molecule has 4 aromatic rings. The van der Waals surface area contributed by atoms with Crippen molar-refractivity contribution in [3.05, 3.63) is 138 Å². The van der Waals surface area contributed by atoms with Gasteiger partial charge in [0.2, 0.25) is 0 Å². The van der Waals surface area contributed by atoms with E-state index in [2.05, 4.69) is 17.6 Å². The summed E-state index contributed by atoms with van der Waals surface area (Å²) in [6.45, 7) is 0. The van der Waals surface area contributed by atoms with E-state index in [1.165, 1.54) is 5.69 Å². The Hall–Kier alpha value is -3.45. The summed E-state index contributed by atoms with van der Waals surface area (Å²) >= 11 is 0. The van der Waals surface area contributed by atoms with Crippen molar-refractivity contribution in [3.8, 4) is 0 Å². The zero-order valence-corrected chi connectivity index (χ0v) is 19.5. The molecule has 0 radical (unpaired) electrons. The molecule has 5 nitrogen and oxygen atoms in total. The molecule has 2 N–H and O–H groups in total. The number of hydrogen-bond donors (Lipinski definition) is 2. The van der Waals surface area contributed by atoms with E-state index in [0.29, 0.717) is 16.7 Å². The van der Waals surface area contributed by atoms with Gasteiger partial charge in [0, 0.05) is 14.1 Å². The van der Waals surface area contributed by atoms with E-state index < -0.39 is 14.9 Å². The molecule has 0 fully saturated rings. The minimum Gasteiger partial charge on any atom is -0.312 e. The molecular weight excluding hydrogens is 432 g/mol. The molecule has 0 saturated carbocycles. The molecule has 0 bridgehead atoms. The standard InChI is InChI=1S/C19H16O3S.C8H12N2/c20-23(21,22)19(16-10-4-1-5-11-16,17-12-6-2-7-13-17)18-14-8-3-9-15-18;1-9-10(2)8-6-4-3-5-7-8/h1-15H,(H,20,21,22);3-7,9H,1-2H3. The summed E-state index contributed by atoms with van der Waals surface area (Å²) in [5, 5.41) is 1.96. The van der Waals surface area contributed by atoms with Crippen LogP contribution in [0.3, 0.4) is 0 Å². The van der Waals surface area contributed by atoms with E-state index in [-0.39, 0.29) is 0 Å². The Morgan fingerprint density at radius 3 is 1.21 bits per heavy atom. The maximum absolute atomic E-state index is 12.6. The molecule has 0 amide bonds. The van der Waals surface area contributed by atoms with Crippen LogP contribution in [0, 0.1) is 0 Å². The lowest BCUT2D eigenvalue weighted by molar-refractivity contribution is 0.459. The monoisotopic (exact) mass is 460 g/mol. The summed E-state index contributed by atoms with van der Waals surface area (Å²) in [6.07, 6.45) is 0. The molecule has 4 aromatic carbocycles. The number of rotatable bonds is 6. The van der Waals surface area contributed by atoms with Crippen LogP contribution >= 0.6 is 0 Å². The Labute approximate surface area is 196 Å². The molecule has 4 rings (SSSR count). The number of nitrogens with zero attached hydrogens (tertiary/aromatic N) is 1. The number of anilines is 1. The van der Waals surface area contributed by atoms with Crippen molar-refractivity contribution in [1.29, 1.82) is 0 Å². The van der Waals surface area contributed by atoms with Crippen molar-refractivity contribution in [3.63, 3.8) is 0 Å². The van der Waals surface area contributed by atoms with Gasteiger partial charge in [-0.3, -0.25) is 4.55 Å². The Bertz CT molecular complexity index is 1120. The van der Waals surface area contributed by atoms with E-state index in [4.69, 9.17) is 0 Å². The van der Waals surface area contributed by atoms with Crippen LogP contribution in [0.15, 0.2) is 121 Å². The van der Waals surface area contributed by atoms with Crippen LogP contribution < -0.4 is 10.4 Å². The van der Waals surface area contributed by atoms with Crippen molar-refractivity contribution >= 4 is 15.8 Å². The fraction of sp³-hybridized carbons (Fsp3) is 0.111. The highest BCUT2D eigenvalue weighted by molar-refractivity contribution is 7.87. The summed E-state index contributed by atoms with van der Waals surface area (Å²) < 4.78 is 33.8. The first kappa shape index (κ1) is 24.2. The Balaban J connectivity index is 0.000000257. The fourth-order valence-corrected chi connectivity index (χ4v) is 5.05. The van der Waals surface area contributed by atoms with Gasteiger partial charge in [-0.1, -0.05) is 109 Å². The maximum atomic E-state index is 12.6. The number of nitrogens with one attached hydrogen (secondary N) is 1. The molecule has 170 valence electrons. The van der Waals surface area contributed by atoms with Crippen LogP contribution in [0.1, 0.15) is 16.7 Å². The van der Waals surface area contributed by atoms with E-state index in [1.807, 2.05) is 55.5 Å². The van der Waals surface area contributed by atoms with Gasteiger partial charge in [0.25, 0.3) is 10.1 Å². The molecule has 0 aliphatic heterocycles. The van der Waals surface area contributed by atoms with Crippen molar-refractivity contribution in [2.75, 3.05) is 19.1 Å². The first-order valence-electron chi connectivity index (χ1n) is 10.5. The molecule has 33 heavy (non-hydrogen) atoms. The third kappa shape index (κ3) is 5.31. The van der Waals surface area contributed by atoms with Crippen LogP contribution in [0.5, 0.6) is 0 Å². The van der Waals surface area contributed by atoms with Gasteiger partial charge in [-0.15, -0.1) is 0 Å². The van der Waals surface area contributed by atoms with Gasteiger partial charge in [-0.2, -0.15) is 8.42 Å². The molecule has 6 heteroatoms. The lowest BCUT2D eigenvalue weighted by Crippen LogP contribution is -2.38. The largest absolute Gasteiger partial charge is 0.312 e. The van der Waals surface area contributed by atoms with Crippen molar-refractivity contribution in [2.24, 2.45) is 0 Å². The van der Waals surface area contributed by atoms with Gasteiger partial charge in [0.15, 0.2) is 4.75 Å². The van der Waals surface area contributed by atoms with Crippen LogP contribution in [-0.4, -0.2) is 27.1 Å². The highest BCUT2D eigenvalue weighted by Crippen LogP contribution is 2.43. The van der Waals surface area contributed by atoms with Crippen LogP contribution in [0.2, 0.25) is 0 Å². The molecule has 0 unspecified atom stereocenters. The van der Waals surface area contributed by atoms with Gasteiger partial charge in [0.05, 0.1) is 5.69 Å². The molecular formula is C27H28N2O3S. The van der Waals surface area contributed by atoms with Crippen molar-refractivity contribution < 1.29 is 13.0 Å². The highest BCUT2D eigenvalue weighted by Gasteiger charge is 2.47. The predicted octanol–water partition coefficient (Wildman–Crippen LogP) is 5.12. The third-order valence-corrected chi connectivity index (χ3v) is 6.89. The molecule has 0 atom stereocenters. The van der Waals surface area contributed by atoms with E-state index >= 15 is 0 Å². The van der Waals surface area contributed by atoms with E-state index in [1.54, 1.807) is 72.8 Å². The maximum Gasteiger partial charge on any atom is 0.283 e. The summed E-state index contributed by atoms with van der Waals surface area (Å²) in [6, 6.07) is 36.5. The lowest BCUT2D eigenvalue weighted by Gasteiger charge is -2.32. The molecule has 0 spiro atoms. The molecule has 0 heterocycles. The first-order chi connectivity index (χ1) is 15.9. The van der Waals surface area contributed by atoms with Crippen molar-refractivity contribution in [2.45, 2.75) is 4.75 Å². The summed E-state index contributed by atoms with van der Waals surface area (Å²) in [5.41, 5.74) is 5.69. The van der Waals surface area contributed by atoms with Gasteiger partial charge >= 0.3 is 0 Å². The smallest absolute Gasteiger partial charge is 0.283 e. The zero-order valence-electron chi connectivity index (χ0n) is 18.7. The second-order valence-corrected chi connectivity index (χ2v) is 8.94. The minimum atomic E-state index is -4.49. The quantitative estimate of drug-likeness (QED) is 0.237. The number of para-hydroxylation sites is 1. The van der Waals surface area contributed by atoms with E-state index in [0.717, 1.165) is 0 Å². The Morgan fingerprint density at radius 1 is 0.636 bits per heavy atom. The topological polar surface area (TPSA) is 69.6 Å². The minimum absolute atomic E-state index is 0.500. The molecule has 0 saturated heterocycles. The lowest BCUT2D eigenvalue weighted by atomic mass is 9.84. The summed E-state index contributed by atoms with van der Waals surface area (Å²) in [4.78, 5) is 0. The summed E-state index contributed by atoms with van der Waals surface area (Å²) in [7, 11) is -0.608. The van der Waals surface area contributed by atoms with Crippen molar-refractivity contribution in [1.82, 2.24) is 5.43 Å². The van der Waals surface area contributed by atoms with Gasteiger partial charge in [-0.25, -0.2) is 5.43 Å². The SMILES string of the molecule is CNN(C)c1ccccc1.O=S(=O)(O)C(c1ccccc1)(c1ccccc1)c1ccccc1. The normalized spacial score (nSPS) is 11.2. The predicted molar refractivity (Wildman–Crippen MR) is 135 cm³/mol. The van der Waals surface area contributed by atoms with Crippen LogP contribution in [0.25, 0.3) is 0 Å². The van der Waals surface area contributed by atoms with Gasteiger partial charge < -0.3 is 5.01 Å².